The van der Waals surface area contributed by atoms with Gasteiger partial charge in [0, 0.05) is 6.54 Å². The van der Waals surface area contributed by atoms with Gasteiger partial charge in [0.15, 0.2) is 16.6 Å². The highest BCUT2D eigenvalue weighted by molar-refractivity contribution is 7.80. The Hall–Kier alpha value is -2.67. The van der Waals surface area contributed by atoms with E-state index in [9.17, 15) is 9.59 Å². The summed E-state index contributed by atoms with van der Waals surface area (Å²) in [7, 11) is 1.55. The lowest BCUT2D eigenvalue weighted by Crippen LogP contribution is -2.53. The van der Waals surface area contributed by atoms with Crippen LogP contribution in [0.1, 0.15) is 25.8 Å². The maximum atomic E-state index is 12.6. The summed E-state index contributed by atoms with van der Waals surface area (Å²) in [6.45, 7) is 8.67. The molecule has 2 rings (SSSR count). The van der Waals surface area contributed by atoms with Crippen LogP contribution in [0, 0.1) is 5.92 Å². The first-order valence-corrected chi connectivity index (χ1v) is 9.08. The predicted octanol–water partition coefficient (Wildman–Crippen LogP) is 2.93. The molecule has 1 saturated heterocycles. The fourth-order valence-corrected chi connectivity index (χ4v) is 2.70. The molecular weight excluding hydrogens is 364 g/mol. The van der Waals surface area contributed by atoms with Crippen LogP contribution in [0.15, 0.2) is 36.4 Å². The lowest BCUT2D eigenvalue weighted by molar-refractivity contribution is -0.128. The van der Waals surface area contributed by atoms with E-state index >= 15 is 0 Å². The summed E-state index contributed by atoms with van der Waals surface area (Å²) < 4.78 is 11.1. The predicted molar refractivity (Wildman–Crippen MR) is 109 cm³/mol. The Morgan fingerprint density at radius 3 is 2.67 bits per heavy atom. The number of thiocarbonyl (C=S) groups is 1. The molecule has 1 aliphatic rings. The molecule has 0 unspecified atom stereocenters. The van der Waals surface area contributed by atoms with E-state index in [4.69, 9.17) is 21.7 Å². The van der Waals surface area contributed by atoms with Crippen molar-refractivity contribution in [2.24, 2.45) is 5.92 Å². The average Bonchev–Trinajstić information content (AvgIpc) is 2.62. The van der Waals surface area contributed by atoms with Crippen molar-refractivity contribution in [1.29, 1.82) is 0 Å². The molecule has 0 spiro atoms. The van der Waals surface area contributed by atoms with E-state index in [0.717, 1.165) is 6.42 Å². The van der Waals surface area contributed by atoms with Crippen LogP contribution in [0.4, 0.5) is 0 Å². The zero-order valence-corrected chi connectivity index (χ0v) is 16.6. The van der Waals surface area contributed by atoms with Gasteiger partial charge in [0.2, 0.25) is 0 Å². The second kappa shape index (κ2) is 9.32. The van der Waals surface area contributed by atoms with Gasteiger partial charge in [-0.2, -0.15) is 0 Å². The number of carbonyl (C=O) groups is 2. The summed E-state index contributed by atoms with van der Waals surface area (Å²) in [6, 6.07) is 5.26. The van der Waals surface area contributed by atoms with Gasteiger partial charge < -0.3 is 9.47 Å². The van der Waals surface area contributed by atoms with Crippen molar-refractivity contribution in [2.75, 3.05) is 20.3 Å². The Morgan fingerprint density at radius 1 is 1.30 bits per heavy atom. The van der Waals surface area contributed by atoms with Gasteiger partial charge in [-0.15, -0.1) is 6.58 Å². The van der Waals surface area contributed by atoms with Gasteiger partial charge in [0.1, 0.15) is 5.57 Å². The lowest BCUT2D eigenvalue weighted by Gasteiger charge is -2.27. The van der Waals surface area contributed by atoms with Gasteiger partial charge in [0.25, 0.3) is 11.8 Å². The van der Waals surface area contributed by atoms with Crippen LogP contribution in [0.2, 0.25) is 0 Å². The van der Waals surface area contributed by atoms with Crippen molar-refractivity contribution >= 4 is 35.2 Å². The van der Waals surface area contributed by atoms with E-state index in [1.54, 1.807) is 31.4 Å². The minimum absolute atomic E-state index is 0.000907. The van der Waals surface area contributed by atoms with Gasteiger partial charge in [0.05, 0.1) is 13.7 Å². The summed E-state index contributed by atoms with van der Waals surface area (Å²) in [6.07, 6.45) is 3.99. The topological polar surface area (TPSA) is 67.9 Å². The molecule has 144 valence electrons. The van der Waals surface area contributed by atoms with Gasteiger partial charge in [-0.05, 0) is 48.3 Å². The number of carbonyl (C=O) groups excluding carboxylic acids is 2. The monoisotopic (exact) mass is 388 g/mol. The fourth-order valence-electron chi connectivity index (χ4n) is 2.45. The maximum absolute atomic E-state index is 12.6. The minimum atomic E-state index is -0.526. The molecule has 0 aromatic heterocycles. The summed E-state index contributed by atoms with van der Waals surface area (Å²) in [5, 5.41) is 2.60. The zero-order valence-electron chi connectivity index (χ0n) is 15.8. The number of ether oxygens (including phenoxy) is 2. The molecule has 27 heavy (non-hydrogen) atoms. The largest absolute Gasteiger partial charge is 0.493 e. The Kier molecular flexibility index (Phi) is 7.12. The molecule has 1 aromatic rings. The molecule has 0 atom stereocenters. The summed E-state index contributed by atoms with van der Waals surface area (Å²) in [5.74, 6) is 0.714. The van der Waals surface area contributed by atoms with Crippen LogP contribution in [-0.2, 0) is 9.59 Å². The van der Waals surface area contributed by atoms with Crippen molar-refractivity contribution in [3.05, 3.63) is 42.0 Å². The Labute approximate surface area is 164 Å². The quantitative estimate of drug-likeness (QED) is 0.321. The highest BCUT2D eigenvalue weighted by Crippen LogP contribution is 2.29. The van der Waals surface area contributed by atoms with Gasteiger partial charge in [-0.25, -0.2) is 0 Å². The second-order valence-electron chi connectivity index (χ2n) is 6.46. The number of hydrogen-bond donors (Lipinski definition) is 1. The van der Waals surface area contributed by atoms with Gasteiger partial charge in [-0.3, -0.25) is 19.8 Å². The molecule has 0 radical (unpaired) electrons. The first-order chi connectivity index (χ1) is 12.9. The van der Waals surface area contributed by atoms with E-state index in [1.807, 2.05) is 0 Å². The van der Waals surface area contributed by atoms with E-state index in [2.05, 4.69) is 25.7 Å². The smallest absolute Gasteiger partial charge is 0.265 e. The van der Waals surface area contributed by atoms with Crippen LogP contribution in [0.25, 0.3) is 6.08 Å². The molecule has 1 heterocycles. The molecule has 1 aromatic carbocycles. The van der Waals surface area contributed by atoms with Crippen LogP contribution in [0.3, 0.4) is 0 Å². The number of nitrogens with zero attached hydrogens (tertiary/aromatic N) is 1. The molecule has 1 aliphatic heterocycles. The lowest BCUT2D eigenvalue weighted by atomic mass is 10.1. The average molecular weight is 388 g/mol. The summed E-state index contributed by atoms with van der Waals surface area (Å²) in [5.41, 5.74) is 0.647. The van der Waals surface area contributed by atoms with E-state index in [1.165, 1.54) is 11.0 Å². The fraction of sp³-hybridized carbons (Fsp3) is 0.350. The highest BCUT2D eigenvalue weighted by atomic mass is 32.1. The van der Waals surface area contributed by atoms with Gasteiger partial charge in [-0.1, -0.05) is 26.0 Å². The molecule has 0 bridgehead atoms. The number of benzene rings is 1. The number of hydrogen-bond acceptors (Lipinski definition) is 5. The molecule has 2 amide bonds. The first-order valence-electron chi connectivity index (χ1n) is 8.68. The van der Waals surface area contributed by atoms with Crippen LogP contribution < -0.4 is 14.8 Å². The number of amides is 2. The van der Waals surface area contributed by atoms with Crippen molar-refractivity contribution in [1.82, 2.24) is 10.2 Å². The normalized spacial score (nSPS) is 15.9. The van der Waals surface area contributed by atoms with E-state index in [-0.39, 0.29) is 17.2 Å². The third-order valence-electron chi connectivity index (χ3n) is 3.95. The molecule has 1 N–H and O–H groups in total. The second-order valence-corrected chi connectivity index (χ2v) is 6.85. The number of nitrogens with one attached hydrogen (secondary N) is 1. The summed E-state index contributed by atoms with van der Waals surface area (Å²) >= 11 is 5.04. The zero-order chi connectivity index (χ0) is 20.0. The Morgan fingerprint density at radius 2 is 2.04 bits per heavy atom. The number of methoxy groups -OCH3 is 1. The SMILES string of the molecule is C=CCN1C(=O)/C(=C/c2ccc(OCCC(C)C)c(OC)c2)C(=O)NC1=S. The van der Waals surface area contributed by atoms with Crippen LogP contribution in [0.5, 0.6) is 11.5 Å². The van der Waals surface area contributed by atoms with Crippen molar-refractivity contribution in [3.63, 3.8) is 0 Å². The Bertz CT molecular complexity index is 786. The van der Waals surface area contributed by atoms with E-state index in [0.29, 0.717) is 29.6 Å². The third-order valence-corrected chi connectivity index (χ3v) is 4.27. The minimum Gasteiger partial charge on any atom is -0.493 e. The highest BCUT2D eigenvalue weighted by Gasteiger charge is 2.32. The first kappa shape index (κ1) is 20.6. The summed E-state index contributed by atoms with van der Waals surface area (Å²) in [4.78, 5) is 26.1. The maximum Gasteiger partial charge on any atom is 0.265 e. The van der Waals surface area contributed by atoms with E-state index < -0.39 is 11.8 Å². The molecular formula is C20H24N2O4S. The number of rotatable bonds is 8. The molecule has 6 nitrogen and oxygen atoms in total. The van der Waals surface area contributed by atoms with Gasteiger partial charge >= 0.3 is 0 Å². The van der Waals surface area contributed by atoms with Crippen LogP contribution in [-0.4, -0.2) is 42.1 Å². The molecule has 7 heteroatoms. The van der Waals surface area contributed by atoms with Crippen molar-refractivity contribution in [3.8, 4) is 11.5 Å². The Balaban J connectivity index is 2.26. The van der Waals surface area contributed by atoms with Crippen molar-refractivity contribution < 1.29 is 19.1 Å². The van der Waals surface area contributed by atoms with Crippen LogP contribution >= 0.6 is 12.2 Å². The molecule has 1 fully saturated rings. The van der Waals surface area contributed by atoms with Crippen molar-refractivity contribution in [2.45, 2.75) is 20.3 Å². The molecule has 0 aliphatic carbocycles. The third kappa shape index (κ3) is 5.17. The molecule has 0 saturated carbocycles. The standard InChI is InChI=1S/C20H24N2O4S/c1-5-9-22-19(24)15(18(23)21-20(22)27)11-14-6-7-16(17(12-14)25-4)26-10-8-13(2)3/h5-7,11-13H,1,8-10H2,2-4H3,(H,21,23,27)/b15-11+.